The zero-order valence-corrected chi connectivity index (χ0v) is 16.8. The lowest BCUT2D eigenvalue weighted by Gasteiger charge is -2.43. The van der Waals surface area contributed by atoms with E-state index in [1.807, 2.05) is 33.8 Å². The number of halogens is 2. The van der Waals surface area contributed by atoms with E-state index in [0.29, 0.717) is 12.1 Å². The molecule has 0 saturated carbocycles. The second-order valence-corrected chi connectivity index (χ2v) is 7.59. The minimum atomic E-state index is -0.667. The molecule has 0 aliphatic heterocycles. The lowest BCUT2D eigenvalue weighted by molar-refractivity contribution is -0.0410. The number of amides is 2. The molecule has 26 heavy (non-hydrogen) atoms. The molecule has 0 aliphatic rings. The molecule has 138 valence electrons. The largest absolute Gasteiger partial charge is 0.276 e. The van der Waals surface area contributed by atoms with Gasteiger partial charge in [-0.15, -0.1) is 0 Å². The van der Waals surface area contributed by atoms with Crippen LogP contribution >= 0.6 is 23.2 Å². The fourth-order valence-electron chi connectivity index (χ4n) is 2.69. The molecular formula is C20H22Cl2N2O2. The van der Waals surface area contributed by atoms with Gasteiger partial charge in [0.15, 0.2) is 0 Å². The molecule has 0 fully saturated rings. The van der Waals surface area contributed by atoms with Crippen molar-refractivity contribution < 1.29 is 9.59 Å². The third-order valence-electron chi connectivity index (χ3n) is 3.80. The lowest BCUT2D eigenvalue weighted by Crippen LogP contribution is -2.58. The van der Waals surface area contributed by atoms with Crippen molar-refractivity contribution in [1.82, 2.24) is 10.0 Å². The summed E-state index contributed by atoms with van der Waals surface area (Å²) >= 11 is 12.5. The summed E-state index contributed by atoms with van der Waals surface area (Å²) in [6, 6.07) is 13.7. The topological polar surface area (TPSA) is 40.6 Å². The van der Waals surface area contributed by atoms with E-state index < -0.39 is 11.4 Å². The molecule has 2 rings (SSSR count). The van der Waals surface area contributed by atoms with Crippen LogP contribution in [-0.2, 0) is 0 Å². The quantitative estimate of drug-likeness (QED) is 0.663. The Kier molecular flexibility index (Phi) is 6.32. The molecule has 0 spiro atoms. The zero-order valence-electron chi connectivity index (χ0n) is 15.3. The summed E-state index contributed by atoms with van der Waals surface area (Å²) in [6.45, 7) is 7.71. The Bertz CT molecular complexity index is 781. The Morgan fingerprint density at radius 2 is 1.42 bits per heavy atom. The monoisotopic (exact) mass is 392 g/mol. The van der Waals surface area contributed by atoms with Gasteiger partial charge in [0.25, 0.3) is 11.8 Å². The number of hydrogen-bond donors (Lipinski definition) is 0. The molecule has 2 aromatic rings. The molecule has 4 nitrogen and oxygen atoms in total. The van der Waals surface area contributed by atoms with Crippen LogP contribution in [0, 0.1) is 0 Å². The molecule has 0 saturated heterocycles. The zero-order chi connectivity index (χ0) is 19.5. The minimum absolute atomic E-state index is 0.185. The fourth-order valence-corrected chi connectivity index (χ4v) is 3.25. The second kappa shape index (κ2) is 8.11. The van der Waals surface area contributed by atoms with E-state index in [1.165, 1.54) is 10.0 Å². The summed E-state index contributed by atoms with van der Waals surface area (Å²) in [4.78, 5) is 26.4. The number of hydrazine groups is 1. The van der Waals surface area contributed by atoms with Gasteiger partial charge in [-0.05, 0) is 52.0 Å². The molecule has 0 N–H and O–H groups in total. The van der Waals surface area contributed by atoms with Gasteiger partial charge in [-0.25, -0.2) is 10.0 Å². The van der Waals surface area contributed by atoms with Gasteiger partial charge >= 0.3 is 0 Å². The van der Waals surface area contributed by atoms with Gasteiger partial charge in [0.2, 0.25) is 0 Å². The Morgan fingerprint density at radius 1 is 0.885 bits per heavy atom. The van der Waals surface area contributed by atoms with Crippen LogP contribution in [0.25, 0.3) is 0 Å². The molecular weight excluding hydrogens is 371 g/mol. The summed E-state index contributed by atoms with van der Waals surface area (Å²) in [5.41, 5.74) is 0.0201. The van der Waals surface area contributed by atoms with E-state index in [9.17, 15) is 9.59 Å². The third kappa shape index (κ3) is 4.19. The van der Waals surface area contributed by atoms with Gasteiger partial charge in [0.1, 0.15) is 0 Å². The summed E-state index contributed by atoms with van der Waals surface area (Å²) in [6.07, 6.45) is 0. The van der Waals surface area contributed by atoms with E-state index >= 15 is 0 Å². The second-order valence-electron chi connectivity index (χ2n) is 6.77. The maximum atomic E-state index is 13.3. The Balaban J connectivity index is 2.53. The van der Waals surface area contributed by atoms with Crippen LogP contribution in [-0.4, -0.2) is 33.9 Å². The maximum absolute atomic E-state index is 13.3. The van der Waals surface area contributed by atoms with Crippen molar-refractivity contribution in [2.24, 2.45) is 0 Å². The third-order valence-corrected chi connectivity index (χ3v) is 4.43. The smallest absolute Gasteiger partial charge is 0.267 e. The first kappa shape index (κ1) is 20.3. The van der Waals surface area contributed by atoms with Gasteiger partial charge in [-0.3, -0.25) is 9.59 Å². The van der Waals surface area contributed by atoms with Crippen molar-refractivity contribution in [3.63, 3.8) is 0 Å². The molecule has 0 unspecified atom stereocenters. The first-order valence-corrected chi connectivity index (χ1v) is 9.09. The molecule has 2 amide bonds. The Labute approximate surface area is 164 Å². The molecule has 0 heterocycles. The molecule has 0 atom stereocenters. The number of benzene rings is 2. The summed E-state index contributed by atoms with van der Waals surface area (Å²) < 4.78 is 0. The van der Waals surface area contributed by atoms with Gasteiger partial charge in [-0.1, -0.05) is 47.5 Å². The minimum Gasteiger partial charge on any atom is -0.267 e. The van der Waals surface area contributed by atoms with Crippen molar-refractivity contribution in [2.75, 3.05) is 6.54 Å². The summed E-state index contributed by atoms with van der Waals surface area (Å²) in [7, 11) is 0. The lowest BCUT2D eigenvalue weighted by atomic mass is 10.1. The van der Waals surface area contributed by atoms with E-state index in [4.69, 9.17) is 23.2 Å². The van der Waals surface area contributed by atoms with Crippen LogP contribution in [0.1, 0.15) is 48.4 Å². The summed E-state index contributed by atoms with van der Waals surface area (Å²) in [5, 5.41) is 3.35. The molecule has 0 aliphatic carbocycles. The normalized spacial score (nSPS) is 11.2. The Morgan fingerprint density at radius 3 is 1.88 bits per heavy atom. The number of carbonyl (C=O) groups excluding carboxylic acids is 2. The van der Waals surface area contributed by atoms with Crippen LogP contribution in [0.5, 0.6) is 0 Å². The van der Waals surface area contributed by atoms with E-state index in [-0.39, 0.29) is 21.5 Å². The number of rotatable bonds is 3. The highest BCUT2D eigenvalue weighted by Crippen LogP contribution is 2.30. The van der Waals surface area contributed by atoms with Crippen LogP contribution in [0.4, 0.5) is 0 Å². The highest BCUT2D eigenvalue weighted by molar-refractivity contribution is 6.39. The predicted molar refractivity (Wildman–Crippen MR) is 106 cm³/mol. The van der Waals surface area contributed by atoms with Crippen molar-refractivity contribution in [2.45, 2.75) is 33.2 Å². The van der Waals surface area contributed by atoms with Gasteiger partial charge in [0, 0.05) is 12.1 Å². The number of nitrogens with zero attached hydrogens (tertiary/aromatic N) is 2. The number of hydrogen-bond acceptors (Lipinski definition) is 2. The number of carbonyl (C=O) groups is 2. The average Bonchev–Trinajstić information content (AvgIpc) is 2.58. The van der Waals surface area contributed by atoms with Crippen LogP contribution < -0.4 is 0 Å². The van der Waals surface area contributed by atoms with Gasteiger partial charge in [0.05, 0.1) is 21.1 Å². The highest BCUT2D eigenvalue weighted by Gasteiger charge is 2.36. The average molecular weight is 393 g/mol. The van der Waals surface area contributed by atoms with Crippen LogP contribution in [0.2, 0.25) is 10.0 Å². The highest BCUT2D eigenvalue weighted by atomic mass is 35.5. The van der Waals surface area contributed by atoms with Gasteiger partial charge in [-0.2, -0.15) is 0 Å². The SMILES string of the molecule is CCN(C(=O)c1ccccc1)N(C(=O)c1c(Cl)cccc1Cl)C(C)(C)C. The standard InChI is InChI=1S/C20H22Cl2N2O2/c1-5-23(18(25)14-10-7-6-8-11-14)24(20(2,3)4)19(26)17-15(21)12-9-13-16(17)22/h6-13H,5H2,1-4H3. The molecule has 0 aromatic heterocycles. The fraction of sp³-hybridized carbons (Fsp3) is 0.300. The van der Waals surface area contributed by atoms with Gasteiger partial charge < -0.3 is 0 Å². The Hall–Kier alpha value is -2.04. The molecule has 2 aromatic carbocycles. The van der Waals surface area contributed by atoms with Crippen molar-refractivity contribution >= 4 is 35.0 Å². The first-order valence-electron chi connectivity index (χ1n) is 8.34. The molecule has 6 heteroatoms. The molecule has 0 radical (unpaired) electrons. The van der Waals surface area contributed by atoms with Crippen molar-refractivity contribution in [1.29, 1.82) is 0 Å². The van der Waals surface area contributed by atoms with E-state index in [0.717, 1.165) is 0 Å². The van der Waals surface area contributed by atoms with Crippen molar-refractivity contribution in [3.8, 4) is 0 Å². The molecule has 0 bridgehead atoms. The van der Waals surface area contributed by atoms with E-state index in [2.05, 4.69) is 0 Å². The van der Waals surface area contributed by atoms with Crippen LogP contribution in [0.3, 0.4) is 0 Å². The first-order chi connectivity index (χ1) is 12.2. The van der Waals surface area contributed by atoms with Crippen LogP contribution in [0.15, 0.2) is 48.5 Å². The van der Waals surface area contributed by atoms with E-state index in [1.54, 1.807) is 42.5 Å². The summed E-state index contributed by atoms with van der Waals surface area (Å²) in [5.74, 6) is -0.682. The predicted octanol–water partition coefficient (Wildman–Crippen LogP) is 5.31. The maximum Gasteiger partial charge on any atom is 0.276 e. The van der Waals surface area contributed by atoms with Crippen molar-refractivity contribution in [3.05, 3.63) is 69.7 Å².